The number of nitrogens with one attached hydrogen (secondary N) is 1. The summed E-state index contributed by atoms with van der Waals surface area (Å²) in [7, 11) is -3.62. The van der Waals surface area contributed by atoms with Crippen LogP contribution in [0, 0.1) is 17.0 Å². The van der Waals surface area contributed by atoms with Crippen molar-refractivity contribution in [1.29, 1.82) is 0 Å². The van der Waals surface area contributed by atoms with E-state index in [1.165, 1.54) is 18.2 Å². The van der Waals surface area contributed by atoms with E-state index in [-0.39, 0.29) is 11.4 Å². The molecular weight excluding hydrogens is 292 g/mol. The second-order valence-corrected chi connectivity index (χ2v) is 6.38. The summed E-state index contributed by atoms with van der Waals surface area (Å²) in [5, 5.41) is 10.7. The predicted molar refractivity (Wildman–Crippen MR) is 80.5 cm³/mol. The number of nitrogens with zero attached hydrogens (tertiary/aromatic N) is 1. The van der Waals surface area contributed by atoms with E-state index in [2.05, 4.69) is 4.72 Å². The fourth-order valence-electron chi connectivity index (χ4n) is 1.82. The molecule has 0 unspecified atom stereocenters. The Morgan fingerprint density at radius 1 is 1.14 bits per heavy atom. The zero-order chi connectivity index (χ0) is 15.5. The minimum Gasteiger partial charge on any atom is -0.283 e. The Morgan fingerprint density at radius 2 is 1.81 bits per heavy atom. The standard InChI is InChI=1S/C14H14N2O4S/c1-11-5-7-13(8-6-11)15-21(19,20)10-12-3-2-4-14(9-12)16(17)18/h2-9,15H,10H2,1H3. The minimum atomic E-state index is -3.62. The molecule has 1 N–H and O–H groups in total. The summed E-state index contributed by atoms with van der Waals surface area (Å²) in [4.78, 5) is 10.1. The van der Waals surface area contributed by atoms with Gasteiger partial charge in [-0.05, 0) is 24.6 Å². The second kappa shape index (κ2) is 5.92. The molecule has 2 aromatic rings. The Kier molecular flexibility index (Phi) is 4.23. The molecule has 0 amide bonds. The molecule has 0 fully saturated rings. The third kappa shape index (κ3) is 4.28. The first-order valence-corrected chi connectivity index (χ1v) is 7.81. The van der Waals surface area contributed by atoms with Gasteiger partial charge in [0, 0.05) is 17.8 Å². The van der Waals surface area contributed by atoms with Crippen LogP contribution in [0.25, 0.3) is 0 Å². The number of benzene rings is 2. The summed E-state index contributed by atoms with van der Waals surface area (Å²) >= 11 is 0. The molecule has 0 aliphatic carbocycles. The maximum atomic E-state index is 12.1. The van der Waals surface area contributed by atoms with E-state index in [1.54, 1.807) is 30.3 Å². The first kappa shape index (κ1) is 15.0. The molecular formula is C14H14N2O4S. The van der Waals surface area contributed by atoms with Crippen molar-refractivity contribution < 1.29 is 13.3 Å². The van der Waals surface area contributed by atoms with E-state index < -0.39 is 14.9 Å². The summed E-state index contributed by atoms with van der Waals surface area (Å²) in [6.45, 7) is 1.90. The highest BCUT2D eigenvalue weighted by atomic mass is 32.2. The lowest BCUT2D eigenvalue weighted by Crippen LogP contribution is -2.15. The van der Waals surface area contributed by atoms with Crippen LogP contribution in [0.2, 0.25) is 0 Å². The van der Waals surface area contributed by atoms with Crippen molar-refractivity contribution in [3.05, 3.63) is 69.8 Å². The average Bonchev–Trinajstić information content (AvgIpc) is 2.41. The van der Waals surface area contributed by atoms with Gasteiger partial charge in [0.05, 0.1) is 10.7 Å². The van der Waals surface area contributed by atoms with Gasteiger partial charge in [0.15, 0.2) is 0 Å². The van der Waals surface area contributed by atoms with Crippen LogP contribution in [-0.2, 0) is 15.8 Å². The predicted octanol–water partition coefficient (Wildman–Crippen LogP) is 2.85. The van der Waals surface area contributed by atoms with Crippen LogP contribution in [0.3, 0.4) is 0 Å². The van der Waals surface area contributed by atoms with Crippen molar-refractivity contribution in [3.63, 3.8) is 0 Å². The lowest BCUT2D eigenvalue weighted by molar-refractivity contribution is -0.384. The number of nitro benzene ring substituents is 1. The van der Waals surface area contributed by atoms with Crippen LogP contribution < -0.4 is 4.72 Å². The Labute approximate surface area is 122 Å². The third-order valence-electron chi connectivity index (χ3n) is 2.80. The number of non-ortho nitro benzene ring substituents is 1. The largest absolute Gasteiger partial charge is 0.283 e. The van der Waals surface area contributed by atoms with Crippen LogP contribution in [0.5, 0.6) is 0 Å². The summed E-state index contributed by atoms with van der Waals surface area (Å²) < 4.78 is 26.6. The molecule has 0 saturated heterocycles. The molecule has 0 radical (unpaired) electrons. The number of nitro groups is 1. The molecule has 0 saturated carbocycles. The highest BCUT2D eigenvalue weighted by Crippen LogP contribution is 2.17. The van der Waals surface area contributed by atoms with Gasteiger partial charge in [-0.15, -0.1) is 0 Å². The topological polar surface area (TPSA) is 89.3 Å². The first-order chi connectivity index (χ1) is 9.85. The normalized spacial score (nSPS) is 11.1. The molecule has 0 spiro atoms. The van der Waals surface area contributed by atoms with Crippen molar-refractivity contribution in [2.75, 3.05) is 4.72 Å². The van der Waals surface area contributed by atoms with Crippen molar-refractivity contribution in [1.82, 2.24) is 0 Å². The first-order valence-electron chi connectivity index (χ1n) is 6.16. The fraction of sp³-hybridized carbons (Fsp3) is 0.143. The van der Waals surface area contributed by atoms with Crippen LogP contribution in [0.15, 0.2) is 48.5 Å². The Hall–Kier alpha value is -2.41. The summed E-state index contributed by atoms with van der Waals surface area (Å²) in [6.07, 6.45) is 0. The molecule has 0 aliphatic heterocycles. The Bertz CT molecular complexity index is 755. The third-order valence-corrected chi connectivity index (χ3v) is 4.06. The number of hydrogen-bond acceptors (Lipinski definition) is 4. The molecule has 0 bridgehead atoms. The number of rotatable bonds is 5. The van der Waals surface area contributed by atoms with Gasteiger partial charge in [0.25, 0.3) is 5.69 Å². The van der Waals surface area contributed by atoms with Crippen LogP contribution >= 0.6 is 0 Å². The Balaban J connectivity index is 2.15. The molecule has 6 nitrogen and oxygen atoms in total. The zero-order valence-corrected chi connectivity index (χ0v) is 12.1. The SMILES string of the molecule is Cc1ccc(NS(=O)(=O)Cc2cccc([N+](=O)[O-])c2)cc1. The van der Waals surface area contributed by atoms with Gasteiger partial charge in [0.2, 0.25) is 10.0 Å². The number of hydrogen-bond donors (Lipinski definition) is 1. The molecule has 2 aromatic carbocycles. The van der Waals surface area contributed by atoms with E-state index in [0.717, 1.165) is 5.56 Å². The van der Waals surface area contributed by atoms with Crippen molar-refractivity contribution >= 4 is 21.4 Å². The van der Waals surface area contributed by atoms with Gasteiger partial charge in [-0.2, -0.15) is 0 Å². The van der Waals surface area contributed by atoms with Gasteiger partial charge < -0.3 is 0 Å². The highest BCUT2D eigenvalue weighted by molar-refractivity contribution is 7.91. The monoisotopic (exact) mass is 306 g/mol. The molecule has 2 rings (SSSR count). The fourth-order valence-corrected chi connectivity index (χ4v) is 3.00. The van der Waals surface area contributed by atoms with Crippen molar-refractivity contribution in [2.45, 2.75) is 12.7 Å². The van der Waals surface area contributed by atoms with Crippen molar-refractivity contribution in [3.8, 4) is 0 Å². The van der Waals surface area contributed by atoms with Gasteiger partial charge in [-0.25, -0.2) is 8.42 Å². The van der Waals surface area contributed by atoms with E-state index in [4.69, 9.17) is 0 Å². The van der Waals surface area contributed by atoms with Gasteiger partial charge in [-0.1, -0.05) is 29.8 Å². The zero-order valence-electron chi connectivity index (χ0n) is 11.3. The summed E-state index contributed by atoms with van der Waals surface area (Å²) in [5.41, 5.74) is 1.73. The quantitative estimate of drug-likeness (QED) is 0.679. The molecule has 21 heavy (non-hydrogen) atoms. The number of aryl methyl sites for hydroxylation is 1. The molecule has 110 valence electrons. The number of sulfonamides is 1. The van der Waals surface area contributed by atoms with Gasteiger partial charge >= 0.3 is 0 Å². The molecule has 0 aromatic heterocycles. The average molecular weight is 306 g/mol. The van der Waals surface area contributed by atoms with Gasteiger partial charge in [0.1, 0.15) is 0 Å². The van der Waals surface area contributed by atoms with Crippen LogP contribution in [-0.4, -0.2) is 13.3 Å². The minimum absolute atomic E-state index is 0.127. The maximum Gasteiger partial charge on any atom is 0.269 e. The lowest BCUT2D eigenvalue weighted by atomic mass is 10.2. The molecule has 0 atom stereocenters. The molecule has 7 heteroatoms. The van der Waals surface area contributed by atoms with Crippen LogP contribution in [0.4, 0.5) is 11.4 Å². The van der Waals surface area contributed by atoms with E-state index >= 15 is 0 Å². The summed E-state index contributed by atoms with van der Waals surface area (Å²) in [5.74, 6) is -0.317. The lowest BCUT2D eigenvalue weighted by Gasteiger charge is -2.08. The van der Waals surface area contributed by atoms with Crippen molar-refractivity contribution in [2.24, 2.45) is 0 Å². The molecule has 0 heterocycles. The van der Waals surface area contributed by atoms with Gasteiger partial charge in [-0.3, -0.25) is 14.8 Å². The highest BCUT2D eigenvalue weighted by Gasteiger charge is 2.14. The van der Waals surface area contributed by atoms with E-state index in [9.17, 15) is 18.5 Å². The number of anilines is 1. The Morgan fingerprint density at radius 3 is 2.43 bits per heavy atom. The second-order valence-electron chi connectivity index (χ2n) is 4.65. The van der Waals surface area contributed by atoms with Crippen LogP contribution in [0.1, 0.15) is 11.1 Å². The van der Waals surface area contributed by atoms with E-state index in [1.807, 2.05) is 6.92 Å². The maximum absolute atomic E-state index is 12.1. The molecule has 0 aliphatic rings. The summed E-state index contributed by atoms with van der Waals surface area (Å²) in [6, 6.07) is 12.5. The smallest absolute Gasteiger partial charge is 0.269 e. The van der Waals surface area contributed by atoms with E-state index in [0.29, 0.717) is 11.3 Å².